The maximum absolute atomic E-state index is 12.3. The molecule has 0 N–H and O–H groups in total. The second kappa shape index (κ2) is 7.27. The average molecular weight is 258 g/mol. The number of likely N-dealkylation sites (tertiary alicyclic amines) is 1. The fourth-order valence-corrected chi connectivity index (χ4v) is 3.25. The maximum atomic E-state index is 12.3. The van der Waals surface area contributed by atoms with E-state index in [1.165, 1.54) is 12.8 Å². The van der Waals surface area contributed by atoms with Crippen molar-refractivity contribution >= 4 is 17.7 Å². The molecule has 0 radical (unpaired) electrons. The molecule has 1 amide bonds. The second-order valence-corrected chi connectivity index (χ2v) is 6.57. The highest BCUT2D eigenvalue weighted by Crippen LogP contribution is 2.22. The van der Waals surface area contributed by atoms with Crippen LogP contribution in [0.2, 0.25) is 0 Å². The van der Waals surface area contributed by atoms with Crippen molar-refractivity contribution in [3.8, 4) is 0 Å². The van der Waals surface area contributed by atoms with Gasteiger partial charge in [0.2, 0.25) is 5.91 Å². The molecule has 0 aromatic heterocycles. The summed E-state index contributed by atoms with van der Waals surface area (Å²) in [5, 5.41) is 0.640. The molecule has 1 aliphatic heterocycles. The van der Waals surface area contributed by atoms with E-state index in [1.807, 2.05) is 37.7 Å². The van der Waals surface area contributed by atoms with Gasteiger partial charge in [-0.1, -0.05) is 13.3 Å². The Balaban J connectivity index is 2.58. The van der Waals surface area contributed by atoms with Crippen LogP contribution in [0.1, 0.15) is 33.1 Å². The van der Waals surface area contributed by atoms with Crippen LogP contribution in [0, 0.1) is 0 Å². The van der Waals surface area contributed by atoms with E-state index in [0.717, 1.165) is 25.3 Å². The van der Waals surface area contributed by atoms with Gasteiger partial charge in [-0.05, 0) is 39.6 Å². The Hall–Kier alpha value is -0.220. The third kappa shape index (κ3) is 4.51. The lowest BCUT2D eigenvalue weighted by atomic mass is 10.2. The standard InChI is InChI=1S/C13H26N2OS/c1-5-17-12-8-6-7-9-15(10-12)13(16)11(2)14(3)4/h11-12H,5-10H2,1-4H3/t11-,12?/m0/s1. The van der Waals surface area contributed by atoms with Crippen LogP contribution < -0.4 is 0 Å². The summed E-state index contributed by atoms with van der Waals surface area (Å²) < 4.78 is 0. The molecule has 0 bridgehead atoms. The third-order valence-electron chi connectivity index (χ3n) is 3.47. The molecular formula is C13H26N2OS. The minimum atomic E-state index is 0.000349. The molecule has 1 heterocycles. The molecular weight excluding hydrogens is 232 g/mol. The van der Waals surface area contributed by atoms with Crippen molar-refractivity contribution < 1.29 is 4.79 Å². The van der Waals surface area contributed by atoms with Crippen molar-refractivity contribution in [2.45, 2.75) is 44.4 Å². The fourth-order valence-electron chi connectivity index (χ4n) is 2.16. The summed E-state index contributed by atoms with van der Waals surface area (Å²) >= 11 is 2.00. The molecule has 2 atom stereocenters. The van der Waals surface area contributed by atoms with E-state index >= 15 is 0 Å². The number of likely N-dealkylation sites (N-methyl/N-ethyl adjacent to an activating group) is 1. The molecule has 0 aromatic rings. The number of amides is 1. The van der Waals surface area contributed by atoms with Gasteiger partial charge >= 0.3 is 0 Å². The minimum Gasteiger partial charge on any atom is -0.340 e. The van der Waals surface area contributed by atoms with Gasteiger partial charge in [-0.3, -0.25) is 9.69 Å². The van der Waals surface area contributed by atoms with Gasteiger partial charge in [0, 0.05) is 18.3 Å². The lowest BCUT2D eigenvalue weighted by Crippen LogP contribution is -2.46. The van der Waals surface area contributed by atoms with Crippen molar-refractivity contribution in [1.29, 1.82) is 0 Å². The van der Waals surface area contributed by atoms with E-state index in [2.05, 4.69) is 11.8 Å². The first-order valence-corrected chi connectivity index (χ1v) is 7.68. The van der Waals surface area contributed by atoms with E-state index in [9.17, 15) is 4.79 Å². The first-order chi connectivity index (χ1) is 8.06. The molecule has 0 aromatic carbocycles. The van der Waals surface area contributed by atoms with Crippen LogP contribution in [0.5, 0.6) is 0 Å². The lowest BCUT2D eigenvalue weighted by Gasteiger charge is -2.29. The van der Waals surface area contributed by atoms with Crippen molar-refractivity contribution in [2.24, 2.45) is 0 Å². The number of nitrogens with zero attached hydrogens (tertiary/aromatic N) is 2. The normalized spacial score (nSPS) is 23.6. The van der Waals surface area contributed by atoms with Gasteiger partial charge < -0.3 is 4.90 Å². The number of thioether (sulfide) groups is 1. The second-order valence-electron chi connectivity index (χ2n) is 5.00. The fraction of sp³-hybridized carbons (Fsp3) is 0.923. The Labute approximate surface area is 110 Å². The van der Waals surface area contributed by atoms with Gasteiger partial charge in [-0.15, -0.1) is 0 Å². The zero-order chi connectivity index (χ0) is 12.8. The Bertz CT molecular complexity index is 246. The maximum Gasteiger partial charge on any atom is 0.239 e. The van der Waals surface area contributed by atoms with E-state index < -0.39 is 0 Å². The minimum absolute atomic E-state index is 0.000349. The van der Waals surface area contributed by atoms with Crippen LogP contribution >= 0.6 is 11.8 Å². The Morgan fingerprint density at radius 2 is 2.18 bits per heavy atom. The van der Waals surface area contributed by atoms with E-state index in [1.54, 1.807) is 0 Å². The van der Waals surface area contributed by atoms with Crippen molar-refractivity contribution in [1.82, 2.24) is 9.80 Å². The Morgan fingerprint density at radius 3 is 2.76 bits per heavy atom. The largest absolute Gasteiger partial charge is 0.340 e. The number of carbonyl (C=O) groups is 1. The predicted octanol–water partition coefficient (Wildman–Crippen LogP) is 2.07. The summed E-state index contributed by atoms with van der Waals surface area (Å²) in [6, 6.07) is 0.000349. The number of carbonyl (C=O) groups excluding carboxylic acids is 1. The molecule has 100 valence electrons. The lowest BCUT2D eigenvalue weighted by molar-refractivity contribution is -0.135. The topological polar surface area (TPSA) is 23.6 Å². The smallest absolute Gasteiger partial charge is 0.239 e. The quantitative estimate of drug-likeness (QED) is 0.771. The molecule has 3 nitrogen and oxygen atoms in total. The Morgan fingerprint density at radius 1 is 1.47 bits per heavy atom. The molecule has 0 saturated carbocycles. The zero-order valence-electron chi connectivity index (χ0n) is 11.6. The van der Waals surface area contributed by atoms with Gasteiger partial charge in [0.1, 0.15) is 0 Å². The SMILES string of the molecule is CCSC1CCCCN(C(=O)[C@H](C)N(C)C)C1. The van der Waals surface area contributed by atoms with Crippen LogP contribution in [0.3, 0.4) is 0 Å². The summed E-state index contributed by atoms with van der Waals surface area (Å²) in [7, 11) is 3.94. The molecule has 1 unspecified atom stereocenters. The summed E-state index contributed by atoms with van der Waals surface area (Å²) in [4.78, 5) is 16.4. The average Bonchev–Trinajstić information content (AvgIpc) is 2.53. The van der Waals surface area contributed by atoms with Crippen LogP contribution in [0.4, 0.5) is 0 Å². The number of rotatable bonds is 4. The highest BCUT2D eigenvalue weighted by atomic mass is 32.2. The summed E-state index contributed by atoms with van der Waals surface area (Å²) in [6.45, 7) is 6.08. The first kappa shape index (κ1) is 14.8. The molecule has 1 saturated heterocycles. The molecule has 17 heavy (non-hydrogen) atoms. The van der Waals surface area contributed by atoms with Crippen LogP contribution in [0.15, 0.2) is 0 Å². The number of hydrogen-bond donors (Lipinski definition) is 0. The molecule has 4 heteroatoms. The molecule has 0 spiro atoms. The molecule has 0 aliphatic carbocycles. The van der Waals surface area contributed by atoms with Gasteiger partial charge in [0.15, 0.2) is 0 Å². The highest BCUT2D eigenvalue weighted by molar-refractivity contribution is 7.99. The monoisotopic (exact) mass is 258 g/mol. The highest BCUT2D eigenvalue weighted by Gasteiger charge is 2.26. The van der Waals surface area contributed by atoms with Crippen molar-refractivity contribution in [3.63, 3.8) is 0 Å². The van der Waals surface area contributed by atoms with Gasteiger partial charge in [0.05, 0.1) is 6.04 Å². The van der Waals surface area contributed by atoms with Gasteiger partial charge in [-0.25, -0.2) is 0 Å². The van der Waals surface area contributed by atoms with E-state index in [-0.39, 0.29) is 6.04 Å². The van der Waals surface area contributed by atoms with E-state index in [4.69, 9.17) is 0 Å². The van der Waals surface area contributed by atoms with Crippen LogP contribution in [-0.4, -0.2) is 59.9 Å². The number of hydrogen-bond acceptors (Lipinski definition) is 3. The van der Waals surface area contributed by atoms with E-state index in [0.29, 0.717) is 11.2 Å². The first-order valence-electron chi connectivity index (χ1n) is 6.63. The third-order valence-corrected chi connectivity index (χ3v) is 4.66. The summed E-state index contributed by atoms with van der Waals surface area (Å²) in [6.07, 6.45) is 3.68. The van der Waals surface area contributed by atoms with Gasteiger partial charge in [0.25, 0.3) is 0 Å². The summed E-state index contributed by atoms with van der Waals surface area (Å²) in [5.74, 6) is 1.44. The molecule has 1 fully saturated rings. The summed E-state index contributed by atoms with van der Waals surface area (Å²) in [5.41, 5.74) is 0. The van der Waals surface area contributed by atoms with Crippen LogP contribution in [-0.2, 0) is 4.79 Å². The van der Waals surface area contributed by atoms with Gasteiger partial charge in [-0.2, -0.15) is 11.8 Å². The van der Waals surface area contributed by atoms with Crippen molar-refractivity contribution in [2.75, 3.05) is 32.9 Å². The Kier molecular flexibility index (Phi) is 6.34. The van der Waals surface area contributed by atoms with Crippen molar-refractivity contribution in [3.05, 3.63) is 0 Å². The molecule has 1 aliphatic rings. The van der Waals surface area contributed by atoms with Crippen LogP contribution in [0.25, 0.3) is 0 Å². The zero-order valence-corrected chi connectivity index (χ0v) is 12.4. The predicted molar refractivity (Wildman–Crippen MR) is 75.5 cm³/mol. The molecule has 1 rings (SSSR count).